The van der Waals surface area contributed by atoms with Gasteiger partial charge in [0.2, 0.25) is 0 Å². The van der Waals surface area contributed by atoms with Crippen molar-refractivity contribution < 1.29 is 13.2 Å². The van der Waals surface area contributed by atoms with Crippen molar-refractivity contribution in [1.82, 2.24) is 5.32 Å². The summed E-state index contributed by atoms with van der Waals surface area (Å²) in [7, 11) is -3.29. The second-order valence-electron chi connectivity index (χ2n) is 5.56. The van der Waals surface area contributed by atoms with Crippen molar-refractivity contribution >= 4 is 15.7 Å². The van der Waals surface area contributed by atoms with E-state index in [4.69, 9.17) is 0 Å². The van der Waals surface area contributed by atoms with Crippen LogP contribution in [0, 0.1) is 13.8 Å². The predicted octanol–water partition coefficient (Wildman–Crippen LogP) is 2.90. The summed E-state index contributed by atoms with van der Waals surface area (Å²) < 4.78 is 24.3. The maximum absolute atomic E-state index is 12.2. The first-order chi connectivity index (χ1) is 10.9. The molecule has 0 heterocycles. The Morgan fingerprint density at radius 2 is 1.74 bits per heavy atom. The van der Waals surface area contributed by atoms with E-state index < -0.39 is 9.84 Å². The van der Waals surface area contributed by atoms with Crippen LogP contribution in [0.2, 0.25) is 0 Å². The summed E-state index contributed by atoms with van der Waals surface area (Å²) in [5, 5.41) is 2.79. The smallest absolute Gasteiger partial charge is 0.251 e. The highest BCUT2D eigenvalue weighted by Gasteiger charge is 2.14. The molecule has 2 aromatic carbocycles. The molecule has 1 amide bonds. The molecule has 23 heavy (non-hydrogen) atoms. The molecule has 0 fully saturated rings. The molecule has 0 aromatic heterocycles. The summed E-state index contributed by atoms with van der Waals surface area (Å²) in [6.07, 6.45) is 0.383. The van der Waals surface area contributed by atoms with E-state index in [-0.39, 0.29) is 11.7 Å². The third-order valence-electron chi connectivity index (χ3n) is 3.62. The zero-order chi connectivity index (χ0) is 16.9. The number of carbonyl (C=O) groups is 1. The fourth-order valence-electron chi connectivity index (χ4n) is 2.29. The Kier molecular flexibility index (Phi) is 5.55. The van der Waals surface area contributed by atoms with E-state index in [1.54, 1.807) is 30.3 Å². The summed E-state index contributed by atoms with van der Waals surface area (Å²) in [4.78, 5) is 12.5. The lowest BCUT2D eigenvalue weighted by Crippen LogP contribution is -2.26. The van der Waals surface area contributed by atoms with Gasteiger partial charge in [-0.2, -0.15) is 0 Å². The minimum atomic E-state index is -3.29. The summed E-state index contributed by atoms with van der Waals surface area (Å²) in [5.41, 5.74) is 2.56. The summed E-state index contributed by atoms with van der Waals surface area (Å²) >= 11 is 0. The van der Waals surface area contributed by atoms with Crippen LogP contribution in [0.1, 0.15) is 27.9 Å². The normalized spacial score (nSPS) is 11.2. The number of carbonyl (C=O) groups excluding carboxylic acids is 1. The lowest BCUT2D eigenvalue weighted by Gasteiger charge is -2.09. The van der Waals surface area contributed by atoms with Crippen LogP contribution in [-0.2, 0) is 9.84 Å². The summed E-state index contributed by atoms with van der Waals surface area (Å²) in [5.74, 6) is -0.146. The van der Waals surface area contributed by atoms with Crippen molar-refractivity contribution in [2.45, 2.75) is 25.2 Å². The Hall–Kier alpha value is -2.14. The van der Waals surface area contributed by atoms with Gasteiger partial charge in [-0.05, 0) is 44.0 Å². The van der Waals surface area contributed by atoms with Crippen molar-refractivity contribution in [2.75, 3.05) is 12.3 Å². The second-order valence-corrected chi connectivity index (χ2v) is 7.67. The molecule has 1 N–H and O–H groups in total. The van der Waals surface area contributed by atoms with Gasteiger partial charge in [0.25, 0.3) is 5.91 Å². The molecule has 0 spiro atoms. The number of aryl methyl sites for hydroxylation is 2. The van der Waals surface area contributed by atoms with Gasteiger partial charge in [0.15, 0.2) is 9.84 Å². The van der Waals surface area contributed by atoms with Gasteiger partial charge in [0.1, 0.15) is 0 Å². The summed E-state index contributed by atoms with van der Waals surface area (Å²) in [6, 6.07) is 14.1. The predicted molar refractivity (Wildman–Crippen MR) is 91.4 cm³/mol. The van der Waals surface area contributed by atoms with Crippen LogP contribution in [0.4, 0.5) is 0 Å². The molecule has 2 aromatic rings. The van der Waals surface area contributed by atoms with Gasteiger partial charge in [-0.3, -0.25) is 4.79 Å². The average Bonchev–Trinajstić information content (AvgIpc) is 2.54. The Labute approximate surface area is 137 Å². The quantitative estimate of drug-likeness (QED) is 0.828. The topological polar surface area (TPSA) is 63.2 Å². The highest BCUT2D eigenvalue weighted by atomic mass is 32.2. The molecule has 122 valence electrons. The Morgan fingerprint density at radius 1 is 1.04 bits per heavy atom. The zero-order valence-corrected chi connectivity index (χ0v) is 14.2. The molecule has 0 aliphatic heterocycles. The Bertz CT molecular complexity index is 783. The molecule has 5 heteroatoms. The van der Waals surface area contributed by atoms with E-state index in [9.17, 15) is 13.2 Å². The van der Waals surface area contributed by atoms with E-state index in [2.05, 4.69) is 5.32 Å². The molecule has 4 nitrogen and oxygen atoms in total. The Morgan fingerprint density at radius 3 is 2.43 bits per heavy atom. The van der Waals surface area contributed by atoms with Crippen molar-refractivity contribution in [2.24, 2.45) is 0 Å². The minimum absolute atomic E-state index is 0.0179. The maximum Gasteiger partial charge on any atom is 0.251 e. The highest BCUT2D eigenvalue weighted by Crippen LogP contribution is 2.12. The van der Waals surface area contributed by atoms with Crippen molar-refractivity contribution in [3.63, 3.8) is 0 Å². The van der Waals surface area contributed by atoms with Crippen LogP contribution < -0.4 is 5.32 Å². The van der Waals surface area contributed by atoms with Crippen LogP contribution in [0.25, 0.3) is 0 Å². The van der Waals surface area contributed by atoms with Crippen molar-refractivity contribution in [3.8, 4) is 0 Å². The van der Waals surface area contributed by atoms with Crippen molar-refractivity contribution in [1.29, 1.82) is 0 Å². The molecule has 0 aliphatic carbocycles. The van der Waals surface area contributed by atoms with Crippen LogP contribution in [0.15, 0.2) is 53.4 Å². The fraction of sp³-hybridized carbons (Fsp3) is 0.278. The number of hydrogen-bond donors (Lipinski definition) is 1. The first-order valence-corrected chi connectivity index (χ1v) is 9.18. The van der Waals surface area contributed by atoms with Gasteiger partial charge in [-0.15, -0.1) is 0 Å². The maximum atomic E-state index is 12.2. The number of rotatable bonds is 6. The lowest BCUT2D eigenvalue weighted by atomic mass is 10.1. The van der Waals surface area contributed by atoms with Gasteiger partial charge in [0.05, 0.1) is 10.6 Å². The lowest BCUT2D eigenvalue weighted by molar-refractivity contribution is 0.0953. The third-order valence-corrected chi connectivity index (χ3v) is 5.43. The molecule has 2 rings (SSSR count). The van der Waals surface area contributed by atoms with Crippen molar-refractivity contribution in [3.05, 3.63) is 65.2 Å². The molecule has 0 saturated carbocycles. The number of sulfone groups is 1. The van der Waals surface area contributed by atoms with Crippen LogP contribution in [-0.4, -0.2) is 26.6 Å². The average molecular weight is 331 g/mol. The molecule has 0 atom stereocenters. The zero-order valence-electron chi connectivity index (χ0n) is 13.4. The van der Waals surface area contributed by atoms with E-state index in [0.717, 1.165) is 11.1 Å². The SMILES string of the molecule is Cc1ccc(C)c(C(=O)NCCCS(=O)(=O)c2ccccc2)c1. The minimum Gasteiger partial charge on any atom is -0.352 e. The largest absolute Gasteiger partial charge is 0.352 e. The van der Waals surface area contributed by atoms with Gasteiger partial charge in [0, 0.05) is 12.1 Å². The molecule has 0 saturated heterocycles. The fourth-order valence-corrected chi connectivity index (χ4v) is 3.62. The molecule has 0 bridgehead atoms. The highest BCUT2D eigenvalue weighted by molar-refractivity contribution is 7.91. The Balaban J connectivity index is 1.88. The van der Waals surface area contributed by atoms with Crippen LogP contribution in [0.5, 0.6) is 0 Å². The first kappa shape index (κ1) is 17.2. The van der Waals surface area contributed by atoms with Crippen LogP contribution in [0.3, 0.4) is 0 Å². The molecular weight excluding hydrogens is 310 g/mol. The van der Waals surface area contributed by atoms with E-state index in [1.807, 2.05) is 32.0 Å². The second kappa shape index (κ2) is 7.42. The van der Waals surface area contributed by atoms with Crippen LogP contribution >= 0.6 is 0 Å². The van der Waals surface area contributed by atoms with Gasteiger partial charge in [-0.25, -0.2) is 8.42 Å². The van der Waals surface area contributed by atoms with Gasteiger partial charge in [-0.1, -0.05) is 35.9 Å². The number of benzene rings is 2. The van der Waals surface area contributed by atoms with Gasteiger partial charge >= 0.3 is 0 Å². The third kappa shape index (κ3) is 4.66. The molecule has 0 radical (unpaired) electrons. The number of amides is 1. The molecule has 0 aliphatic rings. The number of nitrogens with one attached hydrogen (secondary N) is 1. The van der Waals surface area contributed by atoms with E-state index >= 15 is 0 Å². The molecular formula is C18H21NO3S. The standard InChI is InChI=1S/C18H21NO3S/c1-14-9-10-15(2)17(13-14)18(20)19-11-6-12-23(21,22)16-7-4-3-5-8-16/h3-5,7-10,13H,6,11-12H2,1-2H3,(H,19,20). The molecule has 0 unspecified atom stereocenters. The van der Waals surface area contributed by atoms with Gasteiger partial charge < -0.3 is 5.32 Å². The monoisotopic (exact) mass is 331 g/mol. The van der Waals surface area contributed by atoms with E-state index in [0.29, 0.717) is 23.4 Å². The number of hydrogen-bond acceptors (Lipinski definition) is 3. The first-order valence-electron chi connectivity index (χ1n) is 7.53. The van der Waals surface area contributed by atoms with E-state index in [1.165, 1.54) is 0 Å². The summed E-state index contributed by atoms with van der Waals surface area (Å²) in [6.45, 7) is 4.15.